The Hall–Kier alpha value is -1.85. The standard InChI is InChI=1S/C19H16BrNO2S/c20-16-11-5-4-10-15(16)13-17-18(22)21(19(23)24-17)12-6-9-14-7-2-1-3-8-14/h1-5,7-8,10-11,13H,6,9,12H2/b17-13+. The molecule has 1 aliphatic heterocycles. The van der Waals surface area contributed by atoms with E-state index < -0.39 is 0 Å². The zero-order chi connectivity index (χ0) is 16.9. The van der Waals surface area contributed by atoms with E-state index in [-0.39, 0.29) is 11.1 Å². The highest BCUT2D eigenvalue weighted by atomic mass is 79.9. The van der Waals surface area contributed by atoms with Crippen molar-refractivity contribution in [2.75, 3.05) is 6.54 Å². The van der Waals surface area contributed by atoms with Crippen molar-refractivity contribution in [3.05, 3.63) is 75.1 Å². The minimum Gasteiger partial charge on any atom is -0.268 e. The number of aryl methyl sites for hydroxylation is 1. The summed E-state index contributed by atoms with van der Waals surface area (Å²) in [7, 11) is 0. The summed E-state index contributed by atoms with van der Waals surface area (Å²) in [4.78, 5) is 26.4. The van der Waals surface area contributed by atoms with Gasteiger partial charge in [0.1, 0.15) is 0 Å². The molecule has 1 heterocycles. The zero-order valence-corrected chi connectivity index (χ0v) is 15.3. The third kappa shape index (κ3) is 3.97. The van der Waals surface area contributed by atoms with Gasteiger partial charge in [-0.25, -0.2) is 0 Å². The van der Waals surface area contributed by atoms with Crippen LogP contribution in [0.2, 0.25) is 0 Å². The van der Waals surface area contributed by atoms with Gasteiger partial charge in [0.2, 0.25) is 0 Å². The summed E-state index contributed by atoms with van der Waals surface area (Å²) in [5, 5.41) is -0.189. The van der Waals surface area contributed by atoms with E-state index in [1.807, 2.05) is 42.5 Å². The van der Waals surface area contributed by atoms with E-state index in [1.165, 1.54) is 10.5 Å². The molecule has 1 saturated heterocycles. The highest BCUT2D eigenvalue weighted by Gasteiger charge is 2.34. The Kier molecular flexibility index (Phi) is 5.53. The van der Waals surface area contributed by atoms with Crippen molar-refractivity contribution in [1.29, 1.82) is 0 Å². The normalized spacial score (nSPS) is 16.2. The molecule has 0 unspecified atom stereocenters. The maximum Gasteiger partial charge on any atom is 0.293 e. The van der Waals surface area contributed by atoms with E-state index in [4.69, 9.17) is 0 Å². The molecular formula is C19H16BrNO2S. The first-order chi connectivity index (χ1) is 11.6. The van der Waals surface area contributed by atoms with Crippen molar-refractivity contribution in [1.82, 2.24) is 4.90 Å². The van der Waals surface area contributed by atoms with Crippen molar-refractivity contribution >= 4 is 44.9 Å². The average Bonchev–Trinajstić information content (AvgIpc) is 2.85. The molecule has 0 spiro atoms. The number of carbonyl (C=O) groups is 2. The minimum atomic E-state index is -0.200. The second-order valence-corrected chi connectivity index (χ2v) is 7.29. The molecular weight excluding hydrogens is 386 g/mol. The van der Waals surface area contributed by atoms with Crippen LogP contribution >= 0.6 is 27.7 Å². The topological polar surface area (TPSA) is 37.4 Å². The van der Waals surface area contributed by atoms with Gasteiger partial charge in [0.15, 0.2) is 0 Å². The molecule has 3 nitrogen and oxygen atoms in total. The minimum absolute atomic E-state index is 0.189. The Morgan fingerprint density at radius 2 is 1.71 bits per heavy atom. The summed E-state index contributed by atoms with van der Waals surface area (Å²) in [5.41, 5.74) is 2.11. The van der Waals surface area contributed by atoms with Gasteiger partial charge in [0, 0.05) is 11.0 Å². The number of rotatable bonds is 5. The third-order valence-corrected chi connectivity index (χ3v) is 5.38. The predicted octanol–water partition coefficient (Wildman–Crippen LogP) is 5.12. The molecule has 24 heavy (non-hydrogen) atoms. The van der Waals surface area contributed by atoms with E-state index in [1.54, 1.807) is 6.08 Å². The van der Waals surface area contributed by atoms with Gasteiger partial charge in [-0.15, -0.1) is 0 Å². The van der Waals surface area contributed by atoms with Crippen molar-refractivity contribution in [2.45, 2.75) is 12.8 Å². The fourth-order valence-electron chi connectivity index (χ4n) is 2.51. The lowest BCUT2D eigenvalue weighted by molar-refractivity contribution is -0.122. The monoisotopic (exact) mass is 401 g/mol. The van der Waals surface area contributed by atoms with E-state index in [0.717, 1.165) is 34.6 Å². The molecule has 3 rings (SSSR count). The number of amides is 2. The smallest absolute Gasteiger partial charge is 0.268 e. The molecule has 0 radical (unpaired) electrons. The lowest BCUT2D eigenvalue weighted by Crippen LogP contribution is -2.29. The van der Waals surface area contributed by atoms with Crippen LogP contribution in [0.25, 0.3) is 6.08 Å². The van der Waals surface area contributed by atoms with Crippen LogP contribution in [0.5, 0.6) is 0 Å². The van der Waals surface area contributed by atoms with Gasteiger partial charge in [0.05, 0.1) is 4.91 Å². The first kappa shape index (κ1) is 17.0. The molecule has 1 fully saturated rings. The van der Waals surface area contributed by atoms with Crippen LogP contribution in [0.15, 0.2) is 64.0 Å². The largest absolute Gasteiger partial charge is 0.293 e. The SMILES string of the molecule is O=C1S/C(=C/c2ccccc2Br)C(=O)N1CCCc1ccccc1. The number of hydrogen-bond donors (Lipinski definition) is 0. The second kappa shape index (κ2) is 7.81. The molecule has 1 aliphatic rings. The number of imide groups is 1. The van der Waals surface area contributed by atoms with Gasteiger partial charge in [-0.05, 0) is 47.9 Å². The van der Waals surface area contributed by atoms with Crippen LogP contribution in [-0.2, 0) is 11.2 Å². The van der Waals surface area contributed by atoms with E-state index >= 15 is 0 Å². The van der Waals surface area contributed by atoms with E-state index in [9.17, 15) is 9.59 Å². The highest BCUT2D eigenvalue weighted by Crippen LogP contribution is 2.33. The van der Waals surface area contributed by atoms with Gasteiger partial charge in [0.25, 0.3) is 11.1 Å². The molecule has 2 aromatic rings. The number of thioether (sulfide) groups is 1. The van der Waals surface area contributed by atoms with Crippen LogP contribution in [0.1, 0.15) is 17.5 Å². The molecule has 0 aliphatic carbocycles. The summed E-state index contributed by atoms with van der Waals surface area (Å²) in [6.45, 7) is 0.451. The lowest BCUT2D eigenvalue weighted by Gasteiger charge is -2.12. The van der Waals surface area contributed by atoms with Crippen LogP contribution in [0.3, 0.4) is 0 Å². The first-order valence-electron chi connectivity index (χ1n) is 7.69. The number of carbonyl (C=O) groups excluding carboxylic acids is 2. The molecule has 2 aromatic carbocycles. The van der Waals surface area contributed by atoms with Crippen molar-refractivity contribution in [3.8, 4) is 0 Å². The molecule has 5 heteroatoms. The van der Waals surface area contributed by atoms with Crippen molar-refractivity contribution < 1.29 is 9.59 Å². The second-order valence-electron chi connectivity index (χ2n) is 5.44. The first-order valence-corrected chi connectivity index (χ1v) is 9.30. The van der Waals surface area contributed by atoms with Crippen LogP contribution in [0.4, 0.5) is 4.79 Å². The Bertz CT molecular complexity index is 789. The molecule has 2 amide bonds. The summed E-state index contributed by atoms with van der Waals surface area (Å²) >= 11 is 4.47. The van der Waals surface area contributed by atoms with Crippen molar-refractivity contribution in [2.24, 2.45) is 0 Å². The van der Waals surface area contributed by atoms with Crippen LogP contribution in [0, 0.1) is 0 Å². The Morgan fingerprint density at radius 1 is 1.00 bits per heavy atom. The van der Waals surface area contributed by atoms with Gasteiger partial charge < -0.3 is 0 Å². The molecule has 0 bridgehead atoms. The lowest BCUT2D eigenvalue weighted by atomic mass is 10.1. The molecule has 0 aromatic heterocycles. The maximum absolute atomic E-state index is 12.5. The Labute approximate surface area is 153 Å². The summed E-state index contributed by atoms with van der Waals surface area (Å²) in [6, 6.07) is 17.7. The maximum atomic E-state index is 12.5. The molecule has 0 atom stereocenters. The van der Waals surface area contributed by atoms with E-state index in [0.29, 0.717) is 11.4 Å². The highest BCUT2D eigenvalue weighted by molar-refractivity contribution is 9.10. The van der Waals surface area contributed by atoms with Gasteiger partial charge >= 0.3 is 0 Å². The Morgan fingerprint density at radius 3 is 2.46 bits per heavy atom. The van der Waals surface area contributed by atoms with E-state index in [2.05, 4.69) is 28.1 Å². The fourth-order valence-corrected chi connectivity index (χ4v) is 3.77. The molecule has 0 N–H and O–H groups in total. The van der Waals surface area contributed by atoms with Crippen LogP contribution in [-0.4, -0.2) is 22.6 Å². The summed E-state index contributed by atoms with van der Waals surface area (Å²) in [6.07, 6.45) is 3.39. The quantitative estimate of drug-likeness (QED) is 0.652. The van der Waals surface area contributed by atoms with Crippen LogP contribution < -0.4 is 0 Å². The van der Waals surface area contributed by atoms with Gasteiger partial charge in [-0.3, -0.25) is 14.5 Å². The third-order valence-electron chi connectivity index (χ3n) is 3.76. The Balaban J connectivity index is 1.65. The summed E-state index contributed by atoms with van der Waals surface area (Å²) < 4.78 is 0.904. The fraction of sp³-hybridized carbons (Fsp3) is 0.158. The van der Waals surface area contributed by atoms with Gasteiger partial charge in [-0.2, -0.15) is 0 Å². The van der Waals surface area contributed by atoms with Gasteiger partial charge in [-0.1, -0.05) is 64.5 Å². The number of hydrogen-bond acceptors (Lipinski definition) is 3. The molecule has 0 saturated carbocycles. The predicted molar refractivity (Wildman–Crippen MR) is 102 cm³/mol. The molecule has 122 valence electrons. The zero-order valence-electron chi connectivity index (χ0n) is 12.9. The van der Waals surface area contributed by atoms with Crippen molar-refractivity contribution in [3.63, 3.8) is 0 Å². The number of nitrogens with zero attached hydrogens (tertiary/aromatic N) is 1. The summed E-state index contributed by atoms with van der Waals surface area (Å²) in [5.74, 6) is -0.200. The number of benzene rings is 2. The average molecular weight is 402 g/mol. The number of halogens is 1.